The molecule has 1 fully saturated rings. The van der Waals surface area contributed by atoms with E-state index in [1.54, 1.807) is 18.2 Å². The van der Waals surface area contributed by atoms with Crippen LogP contribution in [0, 0.1) is 5.82 Å². The predicted molar refractivity (Wildman–Crippen MR) is 63.4 cm³/mol. The van der Waals surface area contributed by atoms with Crippen LogP contribution in [-0.4, -0.2) is 16.2 Å². The van der Waals surface area contributed by atoms with Gasteiger partial charge in [-0.05, 0) is 24.5 Å². The lowest BCUT2D eigenvalue weighted by atomic mass is 10.1. The minimum absolute atomic E-state index is 0.242. The first kappa shape index (κ1) is 11.3. The molecular weight excluding hydrogens is 233 g/mol. The number of hydrogen-bond donors (Lipinski definition) is 1. The number of halogens is 1. The Hall–Kier alpha value is -1.75. The second-order valence-corrected chi connectivity index (χ2v) is 4.51. The summed E-state index contributed by atoms with van der Waals surface area (Å²) >= 11 is 0. The third kappa shape index (κ3) is 2.73. The van der Waals surface area contributed by atoms with Crippen molar-refractivity contribution in [1.82, 2.24) is 15.5 Å². The van der Waals surface area contributed by atoms with Crippen molar-refractivity contribution in [1.29, 1.82) is 0 Å². The molecule has 94 valence electrons. The summed E-state index contributed by atoms with van der Waals surface area (Å²) in [5.41, 5.74) is 0.572. The quantitative estimate of drug-likeness (QED) is 0.878. The normalized spacial score (nSPS) is 14.9. The van der Waals surface area contributed by atoms with Crippen LogP contribution in [0.15, 0.2) is 28.7 Å². The smallest absolute Gasteiger partial charge is 0.230 e. The first-order chi connectivity index (χ1) is 8.81. The van der Waals surface area contributed by atoms with E-state index in [1.807, 2.05) is 0 Å². The lowest BCUT2D eigenvalue weighted by Crippen LogP contribution is -2.15. The lowest BCUT2D eigenvalue weighted by Gasteiger charge is -1.98. The van der Waals surface area contributed by atoms with Crippen molar-refractivity contribution in [3.8, 4) is 0 Å². The molecule has 0 spiro atoms. The van der Waals surface area contributed by atoms with Crippen molar-refractivity contribution in [2.75, 3.05) is 0 Å². The molecule has 1 aliphatic rings. The second kappa shape index (κ2) is 4.86. The molecule has 18 heavy (non-hydrogen) atoms. The van der Waals surface area contributed by atoms with E-state index in [0.717, 1.165) is 0 Å². The van der Waals surface area contributed by atoms with Crippen LogP contribution in [0.4, 0.5) is 4.39 Å². The number of nitrogens with one attached hydrogen (secondary N) is 1. The lowest BCUT2D eigenvalue weighted by molar-refractivity contribution is 0.436. The molecule has 1 heterocycles. The molecule has 1 aliphatic carbocycles. The molecule has 2 aromatic rings. The summed E-state index contributed by atoms with van der Waals surface area (Å²) in [7, 11) is 0. The van der Waals surface area contributed by atoms with Crippen LogP contribution in [0.2, 0.25) is 0 Å². The first-order valence-corrected chi connectivity index (χ1v) is 6.09. The van der Waals surface area contributed by atoms with Gasteiger partial charge >= 0.3 is 0 Å². The third-order valence-electron chi connectivity index (χ3n) is 2.93. The first-order valence-electron chi connectivity index (χ1n) is 6.09. The van der Waals surface area contributed by atoms with Gasteiger partial charge in [0.25, 0.3) is 0 Å². The molecule has 0 bridgehead atoms. The van der Waals surface area contributed by atoms with Gasteiger partial charge < -0.3 is 9.73 Å². The van der Waals surface area contributed by atoms with E-state index in [0.29, 0.717) is 36.4 Å². The van der Waals surface area contributed by atoms with Crippen LogP contribution in [0.1, 0.15) is 30.2 Å². The molecule has 1 saturated carbocycles. The highest BCUT2D eigenvalue weighted by Crippen LogP contribution is 2.19. The number of hydrogen-bond acceptors (Lipinski definition) is 4. The molecule has 0 radical (unpaired) electrons. The van der Waals surface area contributed by atoms with Crippen molar-refractivity contribution in [2.45, 2.75) is 31.8 Å². The molecule has 5 heteroatoms. The summed E-state index contributed by atoms with van der Waals surface area (Å²) in [6.45, 7) is 0.592. The van der Waals surface area contributed by atoms with Gasteiger partial charge in [0, 0.05) is 6.04 Å². The van der Waals surface area contributed by atoms with Crippen LogP contribution < -0.4 is 5.32 Å². The van der Waals surface area contributed by atoms with Crippen LogP contribution in [0.3, 0.4) is 0 Å². The van der Waals surface area contributed by atoms with Crippen LogP contribution in [-0.2, 0) is 13.0 Å². The number of rotatable bonds is 5. The molecular formula is C13H14FN3O. The van der Waals surface area contributed by atoms with Gasteiger partial charge in [0.2, 0.25) is 11.8 Å². The SMILES string of the molecule is Fc1ccccc1Cc1nnc(CNC2CC2)o1. The molecule has 1 aromatic heterocycles. The van der Waals surface area contributed by atoms with Crippen molar-refractivity contribution in [3.63, 3.8) is 0 Å². The molecule has 4 nitrogen and oxygen atoms in total. The minimum Gasteiger partial charge on any atom is -0.424 e. The zero-order chi connectivity index (χ0) is 12.4. The van der Waals surface area contributed by atoms with Crippen molar-refractivity contribution >= 4 is 0 Å². The molecule has 0 aliphatic heterocycles. The number of nitrogens with zero attached hydrogens (tertiary/aromatic N) is 2. The molecule has 1 aromatic carbocycles. The number of aromatic nitrogens is 2. The van der Waals surface area contributed by atoms with E-state index in [4.69, 9.17) is 4.42 Å². The van der Waals surface area contributed by atoms with Gasteiger partial charge in [-0.2, -0.15) is 0 Å². The molecule has 3 rings (SSSR count). The summed E-state index contributed by atoms with van der Waals surface area (Å²) < 4.78 is 18.9. The van der Waals surface area contributed by atoms with Gasteiger partial charge in [-0.15, -0.1) is 10.2 Å². The second-order valence-electron chi connectivity index (χ2n) is 4.51. The van der Waals surface area contributed by atoms with E-state index in [9.17, 15) is 4.39 Å². The monoisotopic (exact) mass is 247 g/mol. The Morgan fingerprint density at radius 2 is 2.00 bits per heavy atom. The molecule has 1 N–H and O–H groups in total. The van der Waals surface area contributed by atoms with E-state index in [1.165, 1.54) is 18.9 Å². The average molecular weight is 247 g/mol. The van der Waals surface area contributed by atoms with Crippen molar-refractivity contribution < 1.29 is 8.81 Å². The fourth-order valence-electron chi connectivity index (χ4n) is 1.76. The Morgan fingerprint density at radius 3 is 2.78 bits per heavy atom. The van der Waals surface area contributed by atoms with Gasteiger partial charge in [0.15, 0.2) is 0 Å². The van der Waals surface area contributed by atoms with Gasteiger partial charge in [-0.1, -0.05) is 18.2 Å². The zero-order valence-corrected chi connectivity index (χ0v) is 9.90. The topological polar surface area (TPSA) is 51.0 Å². The molecule has 0 amide bonds. The summed E-state index contributed by atoms with van der Waals surface area (Å²) in [4.78, 5) is 0. The van der Waals surface area contributed by atoms with Crippen molar-refractivity contribution in [2.24, 2.45) is 0 Å². The highest BCUT2D eigenvalue weighted by molar-refractivity contribution is 5.20. The van der Waals surface area contributed by atoms with Crippen LogP contribution >= 0.6 is 0 Å². The summed E-state index contributed by atoms with van der Waals surface area (Å²) in [6.07, 6.45) is 2.77. The van der Waals surface area contributed by atoms with Crippen molar-refractivity contribution in [3.05, 3.63) is 47.4 Å². The van der Waals surface area contributed by atoms with Gasteiger partial charge in [-0.3, -0.25) is 0 Å². The standard InChI is InChI=1S/C13H14FN3O/c14-11-4-2-1-3-9(11)7-12-16-17-13(18-12)8-15-10-5-6-10/h1-4,10,15H,5-8H2. The third-order valence-corrected chi connectivity index (χ3v) is 2.93. The Kier molecular flexibility index (Phi) is 3.06. The Morgan fingerprint density at radius 1 is 1.22 bits per heavy atom. The van der Waals surface area contributed by atoms with E-state index >= 15 is 0 Å². The van der Waals surface area contributed by atoms with Gasteiger partial charge in [0.05, 0.1) is 13.0 Å². The average Bonchev–Trinajstić information content (AvgIpc) is 3.10. The van der Waals surface area contributed by atoms with E-state index < -0.39 is 0 Å². The highest BCUT2D eigenvalue weighted by Gasteiger charge is 2.21. The Labute approximate surface area is 104 Å². The zero-order valence-electron chi connectivity index (χ0n) is 9.90. The molecule has 0 unspecified atom stereocenters. The minimum atomic E-state index is -0.242. The van der Waals surface area contributed by atoms with E-state index in [2.05, 4.69) is 15.5 Å². The fraction of sp³-hybridized carbons (Fsp3) is 0.385. The van der Waals surface area contributed by atoms with Crippen LogP contribution in [0.5, 0.6) is 0 Å². The van der Waals surface area contributed by atoms with Crippen LogP contribution in [0.25, 0.3) is 0 Å². The summed E-state index contributed by atoms with van der Waals surface area (Å²) in [6, 6.07) is 7.22. The highest BCUT2D eigenvalue weighted by atomic mass is 19.1. The maximum absolute atomic E-state index is 13.4. The van der Waals surface area contributed by atoms with Gasteiger partial charge in [0.1, 0.15) is 5.82 Å². The molecule has 0 atom stereocenters. The Bertz CT molecular complexity index is 537. The van der Waals surface area contributed by atoms with E-state index in [-0.39, 0.29) is 5.82 Å². The predicted octanol–water partition coefficient (Wildman–Crippen LogP) is 2.05. The number of benzene rings is 1. The largest absolute Gasteiger partial charge is 0.424 e. The summed E-state index contributed by atoms with van der Waals surface area (Å²) in [5, 5.41) is 11.2. The summed E-state index contributed by atoms with van der Waals surface area (Å²) in [5.74, 6) is 0.772. The van der Waals surface area contributed by atoms with Gasteiger partial charge in [-0.25, -0.2) is 4.39 Å². The Balaban J connectivity index is 1.63. The maximum atomic E-state index is 13.4. The molecule has 0 saturated heterocycles. The maximum Gasteiger partial charge on any atom is 0.230 e. The fourth-order valence-corrected chi connectivity index (χ4v) is 1.76.